The largest absolute Gasteiger partial charge is 0.480 e. The quantitative estimate of drug-likeness (QED) is 0.143. The molecule has 36 heavy (non-hydrogen) atoms. The van der Waals surface area contributed by atoms with Gasteiger partial charge in [-0.1, -0.05) is 18.2 Å². The lowest BCUT2D eigenvalue weighted by Gasteiger charge is -2.24. The van der Waals surface area contributed by atoms with Gasteiger partial charge in [-0.05, 0) is 25.1 Å². The molecule has 0 aliphatic carbocycles. The van der Waals surface area contributed by atoms with E-state index in [1.807, 2.05) is 5.48 Å². The van der Waals surface area contributed by atoms with Gasteiger partial charge in [-0.25, -0.2) is 4.57 Å². The van der Waals surface area contributed by atoms with Crippen LogP contribution in [-0.4, -0.2) is 72.0 Å². The first-order valence-corrected chi connectivity index (χ1v) is 12.2. The third-order valence-electron chi connectivity index (χ3n) is 5.41. The molecule has 194 valence electrons. The van der Waals surface area contributed by atoms with Crippen LogP contribution in [0.3, 0.4) is 0 Å². The molecule has 0 saturated carbocycles. The molecule has 1 saturated heterocycles. The van der Waals surface area contributed by atoms with E-state index in [0.29, 0.717) is 5.39 Å². The molecule has 3 heterocycles. The smallest absolute Gasteiger partial charge is 0.459 e. The minimum Gasteiger partial charge on any atom is -0.480 e. The molecule has 1 aliphatic rings. The summed E-state index contributed by atoms with van der Waals surface area (Å²) in [5.41, 5.74) is 7.80. The monoisotopic (exact) mass is 524 g/mol. The van der Waals surface area contributed by atoms with Gasteiger partial charge >= 0.3 is 13.7 Å². The number of fused-ring (bicyclic) bond motifs is 1. The van der Waals surface area contributed by atoms with Gasteiger partial charge in [0.15, 0.2) is 12.0 Å². The van der Waals surface area contributed by atoms with Crippen molar-refractivity contribution >= 4 is 36.5 Å². The SMILES string of the molecule is C[C@H](N[P@](=O)(OC[C@H]1O[C@@H](n2ccc3c(NO)nc(N)nc32)[C@H](O)[C@@H]1O)Oc1ccccc1)C(=O)O. The lowest BCUT2D eigenvalue weighted by Crippen LogP contribution is -2.36. The molecule has 3 aromatic rings. The third kappa shape index (κ3) is 5.27. The van der Waals surface area contributed by atoms with Crippen molar-refractivity contribution in [2.24, 2.45) is 0 Å². The second kappa shape index (κ2) is 10.4. The standard InChI is InChI=1S/C20H25N6O9P/c1-10(19(29)30)25-36(32,35-11-5-3-2-4-6-11)33-9-13-14(27)15(28)18(34-13)26-8-7-12-16(24-31)22-20(21)23-17(12)26/h2-8,10,13-15,18,27-28,31H,9H2,1H3,(H,25,32)(H,29,30)(H3,21,22,23,24)/t10-,13+,14+,15+,18+,36-/m0/s1. The van der Waals surface area contributed by atoms with Crippen molar-refractivity contribution in [2.45, 2.75) is 37.5 Å². The molecule has 4 rings (SSSR count). The van der Waals surface area contributed by atoms with Crippen LogP contribution in [0.1, 0.15) is 13.2 Å². The molecular weight excluding hydrogens is 499 g/mol. The lowest BCUT2D eigenvalue weighted by molar-refractivity contribution is -0.138. The van der Waals surface area contributed by atoms with Gasteiger partial charge in [-0.2, -0.15) is 15.1 Å². The van der Waals surface area contributed by atoms with Crippen LogP contribution < -0.4 is 20.8 Å². The Morgan fingerprint density at radius 1 is 1.25 bits per heavy atom. The van der Waals surface area contributed by atoms with Gasteiger partial charge in [-0.15, -0.1) is 0 Å². The van der Waals surface area contributed by atoms with Gasteiger partial charge in [0.2, 0.25) is 5.95 Å². The average Bonchev–Trinajstić information content (AvgIpc) is 3.38. The number of carboxylic acids is 1. The Bertz CT molecular complexity index is 1280. The zero-order valence-electron chi connectivity index (χ0n) is 18.8. The number of carboxylic acid groups (broad SMARTS) is 1. The molecule has 8 N–H and O–H groups in total. The highest BCUT2D eigenvalue weighted by Gasteiger charge is 2.46. The van der Waals surface area contributed by atoms with Gasteiger partial charge in [0.25, 0.3) is 0 Å². The van der Waals surface area contributed by atoms with Crippen molar-refractivity contribution in [3.8, 4) is 5.75 Å². The fourth-order valence-electron chi connectivity index (χ4n) is 3.61. The maximum atomic E-state index is 13.4. The van der Waals surface area contributed by atoms with Crippen LogP contribution in [0.15, 0.2) is 42.6 Å². The number of nitrogens with two attached hydrogens (primary N) is 1. The molecule has 0 bridgehead atoms. The predicted molar refractivity (Wildman–Crippen MR) is 124 cm³/mol. The number of aliphatic carboxylic acids is 1. The molecule has 0 radical (unpaired) electrons. The molecule has 1 aromatic carbocycles. The molecule has 0 amide bonds. The summed E-state index contributed by atoms with van der Waals surface area (Å²) >= 11 is 0. The second-order valence-corrected chi connectivity index (χ2v) is 9.63. The first-order chi connectivity index (χ1) is 17.1. The maximum Gasteiger partial charge on any atom is 0.459 e. The van der Waals surface area contributed by atoms with E-state index in [0.717, 1.165) is 0 Å². The van der Waals surface area contributed by atoms with E-state index in [4.69, 9.17) is 19.5 Å². The number of nitrogen functional groups attached to an aromatic ring is 1. The Hall–Kier alpha value is -3.30. The Labute approximate surface area is 204 Å². The molecule has 16 heteroatoms. The van der Waals surface area contributed by atoms with Crippen LogP contribution in [0.2, 0.25) is 0 Å². The summed E-state index contributed by atoms with van der Waals surface area (Å²) in [5, 5.41) is 42.4. The molecule has 2 aromatic heterocycles. The van der Waals surface area contributed by atoms with Crippen molar-refractivity contribution < 1.29 is 43.7 Å². The minimum atomic E-state index is -4.27. The van der Waals surface area contributed by atoms with E-state index in [1.165, 1.54) is 29.8 Å². The van der Waals surface area contributed by atoms with Gasteiger partial charge in [0.1, 0.15) is 35.8 Å². The van der Waals surface area contributed by atoms with Crippen LogP contribution in [0, 0.1) is 0 Å². The summed E-state index contributed by atoms with van der Waals surface area (Å²) in [6, 6.07) is 8.21. The topological polar surface area (TPSA) is 224 Å². The minimum absolute atomic E-state index is 0.0294. The number of anilines is 2. The summed E-state index contributed by atoms with van der Waals surface area (Å²) < 4.78 is 31.4. The predicted octanol–water partition coefficient (Wildman–Crippen LogP) is 0.700. The highest BCUT2D eigenvalue weighted by molar-refractivity contribution is 7.52. The number of rotatable bonds is 10. The van der Waals surface area contributed by atoms with Crippen LogP contribution in [-0.2, 0) is 18.6 Å². The normalized spacial score (nSPS) is 24.3. The third-order valence-corrected chi connectivity index (χ3v) is 7.05. The van der Waals surface area contributed by atoms with Crippen LogP contribution in [0.4, 0.5) is 11.8 Å². The van der Waals surface area contributed by atoms with Crippen LogP contribution in [0.25, 0.3) is 11.0 Å². The average molecular weight is 524 g/mol. The van der Waals surface area contributed by atoms with E-state index < -0.39 is 50.9 Å². The van der Waals surface area contributed by atoms with Crippen molar-refractivity contribution in [2.75, 3.05) is 17.8 Å². The second-order valence-electron chi connectivity index (χ2n) is 7.94. The zero-order chi connectivity index (χ0) is 26.0. The van der Waals surface area contributed by atoms with Crippen molar-refractivity contribution in [1.82, 2.24) is 19.6 Å². The number of nitrogens with one attached hydrogen (secondary N) is 2. The summed E-state index contributed by atoms with van der Waals surface area (Å²) in [6.07, 6.45) is -3.80. The number of aliphatic hydroxyl groups excluding tert-OH is 2. The highest BCUT2D eigenvalue weighted by atomic mass is 31.2. The molecular formula is C20H25N6O9P. The highest BCUT2D eigenvalue weighted by Crippen LogP contribution is 2.46. The summed E-state index contributed by atoms with van der Waals surface area (Å²) in [4.78, 5) is 19.3. The van der Waals surface area contributed by atoms with E-state index >= 15 is 0 Å². The summed E-state index contributed by atoms with van der Waals surface area (Å²) in [6.45, 7) is 0.728. The first-order valence-electron chi connectivity index (χ1n) is 10.7. The molecule has 0 spiro atoms. The number of nitrogens with zero attached hydrogens (tertiary/aromatic N) is 3. The van der Waals surface area contributed by atoms with Gasteiger partial charge in [0, 0.05) is 6.20 Å². The van der Waals surface area contributed by atoms with Gasteiger partial charge in [0.05, 0.1) is 12.0 Å². The lowest BCUT2D eigenvalue weighted by atomic mass is 10.1. The molecule has 15 nitrogen and oxygen atoms in total. The summed E-state index contributed by atoms with van der Waals surface area (Å²) in [7, 11) is -4.27. The molecule has 0 unspecified atom stereocenters. The number of para-hydroxylation sites is 1. The van der Waals surface area contributed by atoms with E-state index in [9.17, 15) is 29.9 Å². The zero-order valence-corrected chi connectivity index (χ0v) is 19.7. The number of hydrogen-bond acceptors (Lipinski definition) is 12. The first kappa shape index (κ1) is 25.8. The molecule has 6 atom stereocenters. The van der Waals surface area contributed by atoms with Crippen LogP contribution in [0.5, 0.6) is 5.75 Å². The van der Waals surface area contributed by atoms with Crippen molar-refractivity contribution in [3.63, 3.8) is 0 Å². The number of benzene rings is 1. The van der Waals surface area contributed by atoms with Crippen molar-refractivity contribution in [1.29, 1.82) is 0 Å². The Kier molecular flexibility index (Phi) is 7.42. The summed E-state index contributed by atoms with van der Waals surface area (Å²) in [5.74, 6) is -1.27. The van der Waals surface area contributed by atoms with E-state index in [-0.39, 0.29) is 23.2 Å². The number of carbonyl (C=O) groups is 1. The fourth-order valence-corrected chi connectivity index (χ4v) is 5.12. The van der Waals surface area contributed by atoms with Crippen LogP contribution >= 0.6 is 7.75 Å². The van der Waals surface area contributed by atoms with Gasteiger partial charge < -0.3 is 34.9 Å². The Morgan fingerprint density at radius 2 is 1.97 bits per heavy atom. The Balaban J connectivity index is 1.53. The van der Waals surface area contributed by atoms with E-state index in [1.54, 1.807) is 24.3 Å². The Morgan fingerprint density at radius 3 is 2.64 bits per heavy atom. The fraction of sp³-hybridized carbons (Fsp3) is 0.350. The molecule has 1 fully saturated rings. The van der Waals surface area contributed by atoms with Gasteiger partial charge in [-0.3, -0.25) is 20.0 Å². The maximum absolute atomic E-state index is 13.4. The number of hydrogen-bond donors (Lipinski definition) is 7. The number of aromatic nitrogens is 3. The van der Waals surface area contributed by atoms with E-state index in [2.05, 4.69) is 15.1 Å². The number of ether oxygens (including phenoxy) is 1. The number of aliphatic hydroxyl groups is 2. The molecule has 1 aliphatic heterocycles. The van der Waals surface area contributed by atoms with Crippen molar-refractivity contribution in [3.05, 3.63) is 42.6 Å².